The molecule has 0 aromatic rings. The van der Waals surface area contributed by atoms with Crippen LogP contribution in [-0.2, 0) is 19.1 Å². The van der Waals surface area contributed by atoms with Crippen LogP contribution in [0.1, 0.15) is 12.8 Å². The molecule has 0 saturated carbocycles. The van der Waals surface area contributed by atoms with Gasteiger partial charge in [-0.25, -0.2) is 4.79 Å². The van der Waals surface area contributed by atoms with E-state index in [9.17, 15) is 22.8 Å². The third-order valence-electron chi connectivity index (χ3n) is 2.40. The molecule has 1 heterocycles. The number of carbonyl (C=O) groups is 2. The smallest absolute Gasteiger partial charge is 0.411 e. The van der Waals surface area contributed by atoms with Gasteiger partial charge in [-0.1, -0.05) is 0 Å². The second kappa shape index (κ2) is 6.71. The molecule has 1 rings (SSSR count). The summed E-state index contributed by atoms with van der Waals surface area (Å²) in [4.78, 5) is 22.0. The highest BCUT2D eigenvalue weighted by atomic mass is 19.4. The number of alkyl halides is 3. The van der Waals surface area contributed by atoms with Crippen LogP contribution in [0.4, 0.5) is 13.2 Å². The van der Waals surface area contributed by atoms with Crippen molar-refractivity contribution in [2.24, 2.45) is 0 Å². The van der Waals surface area contributed by atoms with E-state index in [1.807, 2.05) is 0 Å². The SMILES string of the molecule is O=C(NCCOCC(F)(F)F)[C@@H]1CC[C@H](C(=O)O)O1. The Morgan fingerprint density at radius 3 is 2.47 bits per heavy atom. The Morgan fingerprint density at radius 1 is 1.32 bits per heavy atom. The number of halogens is 3. The maximum Gasteiger partial charge on any atom is 0.411 e. The molecule has 6 nitrogen and oxygen atoms in total. The zero-order valence-corrected chi connectivity index (χ0v) is 9.90. The van der Waals surface area contributed by atoms with E-state index in [0.29, 0.717) is 0 Å². The molecule has 1 aliphatic heterocycles. The van der Waals surface area contributed by atoms with Gasteiger partial charge in [0.25, 0.3) is 0 Å². The van der Waals surface area contributed by atoms with Gasteiger partial charge in [0.15, 0.2) is 6.10 Å². The van der Waals surface area contributed by atoms with E-state index in [2.05, 4.69) is 10.1 Å². The highest BCUT2D eigenvalue weighted by molar-refractivity contribution is 5.82. The zero-order chi connectivity index (χ0) is 14.5. The van der Waals surface area contributed by atoms with Crippen molar-refractivity contribution in [1.29, 1.82) is 0 Å². The quantitative estimate of drug-likeness (QED) is 0.686. The molecule has 110 valence electrons. The summed E-state index contributed by atoms with van der Waals surface area (Å²) in [6, 6.07) is 0. The summed E-state index contributed by atoms with van der Waals surface area (Å²) in [6.45, 7) is -1.74. The van der Waals surface area contributed by atoms with Crippen LogP contribution in [0.15, 0.2) is 0 Å². The number of carbonyl (C=O) groups excluding carboxylic acids is 1. The Kier molecular flexibility index (Phi) is 5.55. The summed E-state index contributed by atoms with van der Waals surface area (Å²) < 4.78 is 44.4. The topological polar surface area (TPSA) is 84.9 Å². The summed E-state index contributed by atoms with van der Waals surface area (Å²) in [5, 5.41) is 11.0. The fourth-order valence-electron chi connectivity index (χ4n) is 1.56. The number of amides is 1. The lowest BCUT2D eigenvalue weighted by molar-refractivity contribution is -0.173. The van der Waals surface area contributed by atoms with Crippen LogP contribution in [0.2, 0.25) is 0 Å². The first kappa shape index (κ1) is 15.7. The van der Waals surface area contributed by atoms with E-state index in [-0.39, 0.29) is 26.0 Å². The van der Waals surface area contributed by atoms with Crippen LogP contribution in [0.3, 0.4) is 0 Å². The number of aliphatic carboxylic acids is 1. The highest BCUT2D eigenvalue weighted by Gasteiger charge is 2.34. The van der Waals surface area contributed by atoms with Gasteiger partial charge in [-0.2, -0.15) is 13.2 Å². The molecule has 0 aliphatic carbocycles. The van der Waals surface area contributed by atoms with Crippen molar-refractivity contribution in [3.63, 3.8) is 0 Å². The second-order valence-electron chi connectivity index (χ2n) is 3.99. The van der Waals surface area contributed by atoms with Crippen molar-refractivity contribution < 1.29 is 37.3 Å². The van der Waals surface area contributed by atoms with Crippen molar-refractivity contribution in [2.45, 2.75) is 31.2 Å². The predicted octanol–water partition coefficient (Wildman–Crippen LogP) is 0.314. The first-order valence-corrected chi connectivity index (χ1v) is 5.60. The summed E-state index contributed by atoms with van der Waals surface area (Å²) >= 11 is 0. The van der Waals surface area contributed by atoms with Crippen LogP contribution in [0.25, 0.3) is 0 Å². The van der Waals surface area contributed by atoms with Crippen molar-refractivity contribution in [1.82, 2.24) is 5.32 Å². The van der Waals surface area contributed by atoms with Crippen LogP contribution in [0, 0.1) is 0 Å². The Hall–Kier alpha value is -1.35. The molecule has 2 atom stereocenters. The van der Waals surface area contributed by atoms with Gasteiger partial charge in [-0.05, 0) is 12.8 Å². The Labute approximate surface area is 106 Å². The molecule has 0 aromatic heterocycles. The molecule has 9 heteroatoms. The Morgan fingerprint density at radius 2 is 1.95 bits per heavy atom. The summed E-state index contributed by atoms with van der Waals surface area (Å²) in [5.41, 5.74) is 0. The largest absolute Gasteiger partial charge is 0.479 e. The van der Waals surface area contributed by atoms with Crippen LogP contribution in [-0.4, -0.2) is 55.1 Å². The minimum atomic E-state index is -4.40. The minimum Gasteiger partial charge on any atom is -0.479 e. The summed E-state index contributed by atoms with van der Waals surface area (Å²) in [5.74, 6) is -1.68. The van der Waals surface area contributed by atoms with Gasteiger partial charge in [0, 0.05) is 6.54 Å². The van der Waals surface area contributed by atoms with Gasteiger partial charge in [-0.3, -0.25) is 4.79 Å². The third kappa shape index (κ3) is 5.88. The molecule has 0 unspecified atom stereocenters. The zero-order valence-electron chi connectivity index (χ0n) is 9.90. The first-order chi connectivity index (χ1) is 8.79. The Balaban J connectivity index is 2.14. The summed E-state index contributed by atoms with van der Waals surface area (Å²) in [6.07, 6.45) is -5.77. The number of rotatable bonds is 6. The van der Waals surface area contributed by atoms with E-state index in [4.69, 9.17) is 9.84 Å². The van der Waals surface area contributed by atoms with Crippen molar-refractivity contribution in [2.75, 3.05) is 19.8 Å². The predicted molar refractivity (Wildman–Crippen MR) is 55.4 cm³/mol. The highest BCUT2D eigenvalue weighted by Crippen LogP contribution is 2.19. The molecule has 0 radical (unpaired) electrons. The van der Waals surface area contributed by atoms with E-state index < -0.39 is 36.9 Å². The molecule has 0 aromatic carbocycles. The molecule has 1 fully saturated rings. The van der Waals surface area contributed by atoms with Crippen LogP contribution in [0.5, 0.6) is 0 Å². The van der Waals surface area contributed by atoms with Gasteiger partial charge >= 0.3 is 12.1 Å². The van der Waals surface area contributed by atoms with Gasteiger partial charge in [0.1, 0.15) is 12.7 Å². The van der Waals surface area contributed by atoms with Gasteiger partial charge in [0.05, 0.1) is 6.61 Å². The number of nitrogens with one attached hydrogen (secondary N) is 1. The van der Waals surface area contributed by atoms with E-state index >= 15 is 0 Å². The molecule has 0 spiro atoms. The second-order valence-corrected chi connectivity index (χ2v) is 3.99. The van der Waals surface area contributed by atoms with Crippen molar-refractivity contribution in [3.05, 3.63) is 0 Å². The molecule has 1 amide bonds. The number of hydrogen-bond donors (Lipinski definition) is 2. The van der Waals surface area contributed by atoms with Gasteiger partial charge < -0.3 is 19.9 Å². The first-order valence-electron chi connectivity index (χ1n) is 5.60. The lowest BCUT2D eigenvalue weighted by Gasteiger charge is -2.12. The number of ether oxygens (including phenoxy) is 2. The molecule has 1 aliphatic rings. The molecule has 2 N–H and O–H groups in total. The van der Waals surface area contributed by atoms with E-state index in [0.717, 1.165) is 0 Å². The number of carboxylic acids is 1. The fourth-order valence-corrected chi connectivity index (χ4v) is 1.56. The monoisotopic (exact) mass is 285 g/mol. The summed E-state index contributed by atoms with van der Waals surface area (Å²) in [7, 11) is 0. The van der Waals surface area contributed by atoms with Gasteiger partial charge in [0.2, 0.25) is 5.91 Å². The fraction of sp³-hybridized carbons (Fsp3) is 0.800. The molecule has 1 saturated heterocycles. The maximum atomic E-state index is 11.7. The molecule has 0 bridgehead atoms. The third-order valence-corrected chi connectivity index (χ3v) is 2.40. The number of hydrogen-bond acceptors (Lipinski definition) is 4. The average Bonchev–Trinajstić information content (AvgIpc) is 2.76. The maximum absolute atomic E-state index is 11.7. The molecular formula is C10H14F3NO5. The van der Waals surface area contributed by atoms with Gasteiger partial charge in [-0.15, -0.1) is 0 Å². The number of carboxylic acid groups (broad SMARTS) is 1. The van der Waals surface area contributed by atoms with Crippen molar-refractivity contribution >= 4 is 11.9 Å². The molecule has 19 heavy (non-hydrogen) atoms. The van der Waals surface area contributed by atoms with Crippen LogP contribution >= 0.6 is 0 Å². The standard InChI is InChI=1S/C10H14F3NO5/c11-10(12,13)5-18-4-3-14-8(15)6-1-2-7(19-6)9(16)17/h6-7H,1-5H2,(H,14,15)(H,16,17)/t6-,7+/m0/s1. The van der Waals surface area contributed by atoms with E-state index in [1.54, 1.807) is 0 Å². The normalized spacial score (nSPS) is 23.3. The molecular weight excluding hydrogens is 271 g/mol. The Bertz CT molecular complexity index is 334. The lowest BCUT2D eigenvalue weighted by atomic mass is 10.2. The lowest BCUT2D eigenvalue weighted by Crippen LogP contribution is -2.37. The van der Waals surface area contributed by atoms with Crippen molar-refractivity contribution in [3.8, 4) is 0 Å². The minimum absolute atomic E-state index is 0.0908. The average molecular weight is 285 g/mol. The van der Waals surface area contributed by atoms with E-state index in [1.165, 1.54) is 0 Å². The van der Waals surface area contributed by atoms with Crippen LogP contribution < -0.4 is 5.32 Å².